The second kappa shape index (κ2) is 5.93. The van der Waals surface area contributed by atoms with E-state index in [1.54, 1.807) is 0 Å². The van der Waals surface area contributed by atoms with Crippen LogP contribution < -0.4 is 0 Å². The van der Waals surface area contributed by atoms with Crippen molar-refractivity contribution >= 4 is 11.9 Å². The van der Waals surface area contributed by atoms with Gasteiger partial charge in [0.25, 0.3) is 0 Å². The van der Waals surface area contributed by atoms with E-state index in [1.807, 2.05) is 4.90 Å². The van der Waals surface area contributed by atoms with Crippen LogP contribution in [0.25, 0.3) is 0 Å². The topological polar surface area (TPSA) is 57.6 Å². The molecule has 2 aliphatic carbocycles. The van der Waals surface area contributed by atoms with Crippen molar-refractivity contribution in [2.45, 2.75) is 58.4 Å². The van der Waals surface area contributed by atoms with Gasteiger partial charge in [-0.3, -0.25) is 9.59 Å². The van der Waals surface area contributed by atoms with Gasteiger partial charge in [-0.1, -0.05) is 20.3 Å². The Bertz CT molecular complexity index is 349. The first-order valence-electron chi connectivity index (χ1n) is 7.52. The van der Waals surface area contributed by atoms with Crippen LogP contribution in [0.3, 0.4) is 0 Å². The average molecular weight is 267 g/mol. The molecule has 0 spiro atoms. The largest absolute Gasteiger partial charge is 0.481 e. The lowest BCUT2D eigenvalue weighted by molar-refractivity contribution is -0.145. The second-order valence-corrected chi connectivity index (χ2v) is 6.51. The molecular weight excluding hydrogens is 242 g/mol. The van der Waals surface area contributed by atoms with Gasteiger partial charge in [-0.15, -0.1) is 0 Å². The van der Waals surface area contributed by atoms with Crippen molar-refractivity contribution in [1.29, 1.82) is 0 Å². The van der Waals surface area contributed by atoms with Crippen LogP contribution in [0.1, 0.15) is 52.4 Å². The Hall–Kier alpha value is -1.06. The Kier molecular flexibility index (Phi) is 4.48. The molecule has 1 amide bonds. The number of nitrogens with zero attached hydrogens (tertiary/aromatic N) is 1. The Labute approximate surface area is 115 Å². The third kappa shape index (κ3) is 3.71. The lowest BCUT2D eigenvalue weighted by Gasteiger charge is -2.32. The van der Waals surface area contributed by atoms with Gasteiger partial charge in [-0.2, -0.15) is 0 Å². The first-order valence-corrected chi connectivity index (χ1v) is 7.52. The first-order chi connectivity index (χ1) is 8.99. The molecule has 0 saturated heterocycles. The molecule has 2 aliphatic rings. The Morgan fingerprint density at radius 2 is 1.79 bits per heavy atom. The maximum atomic E-state index is 12.6. The number of hydrogen-bond donors (Lipinski definition) is 1. The van der Waals surface area contributed by atoms with Gasteiger partial charge in [-0.05, 0) is 38.0 Å². The van der Waals surface area contributed by atoms with Crippen molar-refractivity contribution in [2.24, 2.45) is 17.8 Å². The van der Waals surface area contributed by atoms with E-state index in [9.17, 15) is 9.59 Å². The van der Waals surface area contributed by atoms with E-state index in [0.717, 1.165) is 38.6 Å². The van der Waals surface area contributed by atoms with E-state index < -0.39 is 5.97 Å². The van der Waals surface area contributed by atoms with Gasteiger partial charge in [0.05, 0.1) is 5.92 Å². The summed E-state index contributed by atoms with van der Waals surface area (Å²) in [6.45, 7) is 5.07. The number of carbonyl (C=O) groups excluding carboxylic acids is 1. The molecule has 0 aromatic rings. The van der Waals surface area contributed by atoms with Crippen LogP contribution in [-0.4, -0.2) is 34.5 Å². The number of carboxylic acid groups (broad SMARTS) is 1. The molecular formula is C15H25NO3. The smallest absolute Gasteiger partial charge is 0.306 e. The molecule has 2 atom stereocenters. The minimum atomic E-state index is -0.737. The number of carboxylic acids is 1. The summed E-state index contributed by atoms with van der Waals surface area (Å²) in [5.74, 6) is -0.429. The highest BCUT2D eigenvalue weighted by Gasteiger charge is 2.38. The fourth-order valence-electron chi connectivity index (χ4n) is 3.07. The Morgan fingerprint density at radius 3 is 2.32 bits per heavy atom. The van der Waals surface area contributed by atoms with Crippen molar-refractivity contribution in [3.63, 3.8) is 0 Å². The van der Waals surface area contributed by atoms with Crippen LogP contribution in [0.2, 0.25) is 0 Å². The van der Waals surface area contributed by atoms with Crippen LogP contribution in [0.15, 0.2) is 0 Å². The minimum Gasteiger partial charge on any atom is -0.481 e. The molecule has 0 heterocycles. The lowest BCUT2D eigenvalue weighted by Crippen LogP contribution is -2.42. The molecule has 0 aliphatic heterocycles. The normalized spacial score (nSPS) is 27.3. The predicted molar refractivity (Wildman–Crippen MR) is 72.7 cm³/mol. The fourth-order valence-corrected chi connectivity index (χ4v) is 3.07. The predicted octanol–water partition coefficient (Wildman–Crippen LogP) is 2.52. The van der Waals surface area contributed by atoms with Crippen molar-refractivity contribution in [1.82, 2.24) is 4.90 Å². The SMILES string of the molecule is CC(C)CN(C(=O)C1CCCC(C(=O)O)C1)C1CC1. The molecule has 108 valence electrons. The molecule has 2 fully saturated rings. The molecule has 0 bridgehead atoms. The molecule has 4 nitrogen and oxygen atoms in total. The highest BCUT2D eigenvalue weighted by molar-refractivity contribution is 5.81. The highest BCUT2D eigenvalue weighted by Crippen LogP contribution is 2.34. The minimum absolute atomic E-state index is 0.0609. The summed E-state index contributed by atoms with van der Waals surface area (Å²) >= 11 is 0. The van der Waals surface area contributed by atoms with Gasteiger partial charge >= 0.3 is 5.97 Å². The fraction of sp³-hybridized carbons (Fsp3) is 0.867. The van der Waals surface area contributed by atoms with Crippen LogP contribution in [0.5, 0.6) is 0 Å². The number of aliphatic carboxylic acids is 1. The summed E-state index contributed by atoms with van der Waals surface area (Å²) in [7, 11) is 0. The van der Waals surface area contributed by atoms with Gasteiger partial charge in [0.2, 0.25) is 5.91 Å². The van der Waals surface area contributed by atoms with E-state index in [4.69, 9.17) is 5.11 Å². The van der Waals surface area contributed by atoms with E-state index in [2.05, 4.69) is 13.8 Å². The zero-order chi connectivity index (χ0) is 14.0. The van der Waals surface area contributed by atoms with E-state index in [1.165, 1.54) is 0 Å². The van der Waals surface area contributed by atoms with Crippen LogP contribution in [0.4, 0.5) is 0 Å². The first kappa shape index (κ1) is 14.4. The molecule has 1 N–H and O–H groups in total. The van der Waals surface area contributed by atoms with Gasteiger partial charge in [0.1, 0.15) is 0 Å². The Balaban J connectivity index is 1.98. The quantitative estimate of drug-likeness (QED) is 0.832. The highest BCUT2D eigenvalue weighted by atomic mass is 16.4. The number of carbonyl (C=O) groups is 2. The molecule has 2 saturated carbocycles. The molecule has 0 aromatic heterocycles. The number of rotatable bonds is 5. The zero-order valence-corrected chi connectivity index (χ0v) is 12.0. The molecule has 19 heavy (non-hydrogen) atoms. The average Bonchev–Trinajstić information content (AvgIpc) is 3.19. The third-order valence-electron chi connectivity index (χ3n) is 4.21. The van der Waals surface area contributed by atoms with Crippen molar-refractivity contribution in [3.8, 4) is 0 Å². The molecule has 2 rings (SSSR count). The summed E-state index contributed by atoms with van der Waals surface area (Å²) in [5, 5.41) is 9.12. The van der Waals surface area contributed by atoms with Crippen molar-refractivity contribution in [2.75, 3.05) is 6.54 Å². The van der Waals surface area contributed by atoms with Gasteiger partial charge in [0.15, 0.2) is 0 Å². The lowest BCUT2D eigenvalue weighted by atomic mass is 9.80. The summed E-state index contributed by atoms with van der Waals surface area (Å²) in [4.78, 5) is 25.7. The third-order valence-corrected chi connectivity index (χ3v) is 4.21. The summed E-state index contributed by atoms with van der Waals surface area (Å²) in [6.07, 6.45) is 5.24. The summed E-state index contributed by atoms with van der Waals surface area (Å²) < 4.78 is 0. The number of hydrogen-bond acceptors (Lipinski definition) is 2. The summed E-state index contributed by atoms with van der Waals surface area (Å²) in [6, 6.07) is 0.431. The molecule has 4 heteroatoms. The van der Waals surface area contributed by atoms with Gasteiger partial charge < -0.3 is 10.0 Å². The van der Waals surface area contributed by atoms with Gasteiger partial charge in [0, 0.05) is 18.5 Å². The van der Waals surface area contributed by atoms with Gasteiger partial charge in [-0.25, -0.2) is 0 Å². The van der Waals surface area contributed by atoms with E-state index in [0.29, 0.717) is 18.4 Å². The monoisotopic (exact) mass is 267 g/mol. The second-order valence-electron chi connectivity index (χ2n) is 6.51. The molecule has 0 aromatic carbocycles. The maximum absolute atomic E-state index is 12.6. The molecule has 2 unspecified atom stereocenters. The van der Waals surface area contributed by atoms with E-state index in [-0.39, 0.29) is 17.7 Å². The van der Waals surface area contributed by atoms with Crippen LogP contribution in [-0.2, 0) is 9.59 Å². The van der Waals surface area contributed by atoms with E-state index >= 15 is 0 Å². The standard InChI is InChI=1S/C15H25NO3/c1-10(2)9-16(13-6-7-13)14(17)11-4-3-5-12(8-11)15(18)19/h10-13H,3-9H2,1-2H3,(H,18,19). The zero-order valence-electron chi connectivity index (χ0n) is 12.0. The number of amides is 1. The van der Waals surface area contributed by atoms with Crippen molar-refractivity contribution in [3.05, 3.63) is 0 Å². The maximum Gasteiger partial charge on any atom is 0.306 e. The summed E-state index contributed by atoms with van der Waals surface area (Å²) in [5.41, 5.74) is 0. The molecule has 0 radical (unpaired) electrons. The Morgan fingerprint density at radius 1 is 1.16 bits per heavy atom. The van der Waals surface area contributed by atoms with Crippen LogP contribution >= 0.6 is 0 Å². The van der Waals surface area contributed by atoms with Crippen LogP contribution in [0, 0.1) is 17.8 Å². The van der Waals surface area contributed by atoms with Crippen molar-refractivity contribution < 1.29 is 14.7 Å².